The molecule has 0 aliphatic carbocycles. The zero-order valence-electron chi connectivity index (χ0n) is 18.0. The van der Waals surface area contributed by atoms with E-state index in [2.05, 4.69) is 13.8 Å². The van der Waals surface area contributed by atoms with Gasteiger partial charge in [0.05, 0.1) is 0 Å². The van der Waals surface area contributed by atoms with E-state index in [0.717, 1.165) is 22.3 Å². The lowest BCUT2D eigenvalue weighted by molar-refractivity contribution is -0.149. The second kappa shape index (κ2) is 8.42. The van der Waals surface area contributed by atoms with Crippen LogP contribution in [0.25, 0.3) is 6.08 Å². The molecule has 2 aromatic carbocycles. The molecule has 31 heavy (non-hydrogen) atoms. The van der Waals surface area contributed by atoms with E-state index in [4.69, 9.17) is 10.5 Å². The topological polar surface area (TPSA) is 72.6 Å². The molecular formula is C26H28N2O3. The Morgan fingerprint density at radius 2 is 1.87 bits per heavy atom. The lowest BCUT2D eigenvalue weighted by Gasteiger charge is -2.36. The summed E-state index contributed by atoms with van der Waals surface area (Å²) in [5.41, 5.74) is 9.22. The molecule has 1 amide bonds. The van der Waals surface area contributed by atoms with Gasteiger partial charge in [0.25, 0.3) is 0 Å². The average Bonchev–Trinajstić information content (AvgIpc) is 3.05. The van der Waals surface area contributed by atoms with Crippen LogP contribution in [0.15, 0.2) is 71.8 Å². The predicted molar refractivity (Wildman–Crippen MR) is 122 cm³/mol. The van der Waals surface area contributed by atoms with Gasteiger partial charge in [-0.15, -0.1) is 0 Å². The molecule has 2 aliphatic rings. The Morgan fingerprint density at radius 1 is 1.16 bits per heavy atom. The number of benzene rings is 2. The zero-order valence-corrected chi connectivity index (χ0v) is 18.0. The number of nitrogens with two attached hydrogens (primary N) is 1. The summed E-state index contributed by atoms with van der Waals surface area (Å²) in [5.74, 6) is -0.0354. The van der Waals surface area contributed by atoms with E-state index in [9.17, 15) is 9.59 Å². The average molecular weight is 417 g/mol. The summed E-state index contributed by atoms with van der Waals surface area (Å²) in [4.78, 5) is 27.6. The van der Waals surface area contributed by atoms with Gasteiger partial charge in [0, 0.05) is 36.0 Å². The standard InChI is InChI=1S/C26H28N2O3/c1-18(2)16-26(20-9-4-3-5-10-20)22-17-28(15-14-21(22)25(30)31-26)24(29)13-12-19-8-6-7-11-23(19)27/h3-13,18H,14-17,27H2,1-2H3/b13-12+. The van der Waals surface area contributed by atoms with E-state index in [1.807, 2.05) is 54.6 Å². The number of carbonyl (C=O) groups is 2. The molecule has 0 aromatic heterocycles. The SMILES string of the molecule is CC(C)CC1(c2ccccc2)OC(=O)C2=C1CN(C(=O)/C=C/c1ccccc1N)CC2. The molecule has 0 spiro atoms. The van der Waals surface area contributed by atoms with Gasteiger partial charge in [-0.2, -0.15) is 0 Å². The minimum absolute atomic E-state index is 0.0966. The first-order chi connectivity index (χ1) is 14.9. The van der Waals surface area contributed by atoms with Gasteiger partial charge in [0.1, 0.15) is 0 Å². The number of esters is 1. The molecule has 5 heteroatoms. The van der Waals surface area contributed by atoms with E-state index in [-0.39, 0.29) is 11.9 Å². The van der Waals surface area contributed by atoms with Gasteiger partial charge in [-0.25, -0.2) is 4.79 Å². The molecule has 5 nitrogen and oxygen atoms in total. The second-order valence-corrected chi connectivity index (χ2v) is 8.61. The van der Waals surface area contributed by atoms with Crippen LogP contribution in [0.1, 0.15) is 37.8 Å². The summed E-state index contributed by atoms with van der Waals surface area (Å²) in [7, 11) is 0. The molecule has 160 valence electrons. The van der Waals surface area contributed by atoms with Crippen LogP contribution in [-0.2, 0) is 19.9 Å². The van der Waals surface area contributed by atoms with Crippen molar-refractivity contribution in [2.45, 2.75) is 32.3 Å². The number of para-hydroxylation sites is 1. The van der Waals surface area contributed by atoms with Gasteiger partial charge in [0.2, 0.25) is 5.91 Å². The summed E-state index contributed by atoms with van der Waals surface area (Å²) in [6.07, 6.45) is 4.49. The summed E-state index contributed by atoms with van der Waals surface area (Å²) < 4.78 is 6.08. The first-order valence-electron chi connectivity index (χ1n) is 10.7. The van der Waals surface area contributed by atoms with Crippen LogP contribution in [-0.4, -0.2) is 29.9 Å². The van der Waals surface area contributed by atoms with Crippen molar-refractivity contribution in [2.24, 2.45) is 5.92 Å². The third-order valence-electron chi connectivity index (χ3n) is 5.99. The minimum Gasteiger partial charge on any atom is -0.446 e. The molecule has 1 atom stereocenters. The number of cyclic esters (lactones) is 1. The fourth-order valence-electron chi connectivity index (χ4n) is 4.56. The van der Waals surface area contributed by atoms with Crippen LogP contribution >= 0.6 is 0 Å². The van der Waals surface area contributed by atoms with Crippen LogP contribution in [0.2, 0.25) is 0 Å². The maximum Gasteiger partial charge on any atom is 0.335 e. The van der Waals surface area contributed by atoms with Crippen molar-refractivity contribution in [3.63, 3.8) is 0 Å². The van der Waals surface area contributed by atoms with Crippen molar-refractivity contribution in [3.05, 3.63) is 82.9 Å². The highest BCUT2D eigenvalue weighted by Gasteiger charge is 2.50. The third-order valence-corrected chi connectivity index (χ3v) is 5.99. The molecule has 2 heterocycles. The van der Waals surface area contributed by atoms with Crippen LogP contribution in [0.5, 0.6) is 0 Å². The Balaban J connectivity index is 1.64. The molecule has 0 bridgehead atoms. The monoisotopic (exact) mass is 416 g/mol. The molecule has 1 unspecified atom stereocenters. The molecule has 2 aliphatic heterocycles. The van der Waals surface area contributed by atoms with Crippen LogP contribution < -0.4 is 5.73 Å². The minimum atomic E-state index is -0.811. The van der Waals surface area contributed by atoms with Crippen LogP contribution in [0.4, 0.5) is 5.69 Å². The Morgan fingerprint density at radius 3 is 2.58 bits per heavy atom. The molecule has 0 saturated carbocycles. The van der Waals surface area contributed by atoms with E-state index in [1.165, 1.54) is 0 Å². The Labute approximate surface area is 183 Å². The third kappa shape index (κ3) is 4.00. The van der Waals surface area contributed by atoms with Gasteiger partial charge in [0.15, 0.2) is 5.60 Å². The smallest absolute Gasteiger partial charge is 0.335 e. The predicted octanol–water partition coefficient (Wildman–Crippen LogP) is 4.31. The number of nitrogens with zero attached hydrogens (tertiary/aromatic N) is 1. The van der Waals surface area contributed by atoms with Crippen molar-refractivity contribution in [3.8, 4) is 0 Å². The van der Waals surface area contributed by atoms with Gasteiger partial charge < -0.3 is 15.4 Å². The number of hydrogen-bond acceptors (Lipinski definition) is 4. The maximum atomic E-state index is 13.0. The summed E-state index contributed by atoms with van der Waals surface area (Å²) in [6, 6.07) is 17.3. The highest BCUT2D eigenvalue weighted by atomic mass is 16.6. The summed E-state index contributed by atoms with van der Waals surface area (Å²) in [5, 5.41) is 0. The Kier molecular flexibility index (Phi) is 5.68. The maximum absolute atomic E-state index is 13.0. The number of rotatable bonds is 5. The number of hydrogen-bond donors (Lipinski definition) is 1. The largest absolute Gasteiger partial charge is 0.446 e. The first-order valence-corrected chi connectivity index (χ1v) is 10.7. The van der Waals surface area contributed by atoms with Gasteiger partial charge in [-0.1, -0.05) is 62.4 Å². The van der Waals surface area contributed by atoms with E-state index in [0.29, 0.717) is 37.5 Å². The van der Waals surface area contributed by atoms with E-state index in [1.54, 1.807) is 17.1 Å². The zero-order chi connectivity index (χ0) is 22.0. The lowest BCUT2D eigenvalue weighted by atomic mass is 9.77. The molecule has 0 radical (unpaired) electrons. The quantitative estimate of drug-likeness (QED) is 0.448. The van der Waals surface area contributed by atoms with Crippen LogP contribution in [0, 0.1) is 5.92 Å². The number of nitrogen functional groups attached to an aromatic ring is 1. The normalized spacial score (nSPS) is 21.0. The molecule has 2 aromatic rings. The number of carbonyl (C=O) groups excluding carboxylic acids is 2. The van der Waals surface area contributed by atoms with Crippen molar-refractivity contribution in [1.82, 2.24) is 4.90 Å². The second-order valence-electron chi connectivity index (χ2n) is 8.61. The van der Waals surface area contributed by atoms with Crippen LogP contribution in [0.3, 0.4) is 0 Å². The van der Waals surface area contributed by atoms with E-state index < -0.39 is 5.60 Å². The van der Waals surface area contributed by atoms with Crippen molar-refractivity contribution < 1.29 is 14.3 Å². The van der Waals surface area contributed by atoms with E-state index >= 15 is 0 Å². The molecular weight excluding hydrogens is 388 g/mol. The summed E-state index contributed by atoms with van der Waals surface area (Å²) >= 11 is 0. The molecule has 4 rings (SSSR count). The fraction of sp³-hybridized carbons (Fsp3) is 0.308. The van der Waals surface area contributed by atoms with Gasteiger partial charge in [-0.3, -0.25) is 4.79 Å². The molecule has 0 fully saturated rings. The van der Waals surface area contributed by atoms with Crippen molar-refractivity contribution in [2.75, 3.05) is 18.8 Å². The highest BCUT2D eigenvalue weighted by molar-refractivity contribution is 5.96. The molecule has 2 N–H and O–H groups in total. The van der Waals surface area contributed by atoms with Crippen molar-refractivity contribution in [1.29, 1.82) is 0 Å². The van der Waals surface area contributed by atoms with Gasteiger partial charge in [-0.05, 0) is 42.0 Å². The molecule has 0 saturated heterocycles. The summed E-state index contributed by atoms with van der Waals surface area (Å²) in [6.45, 7) is 5.12. The van der Waals surface area contributed by atoms with Crippen molar-refractivity contribution >= 4 is 23.6 Å². The lowest BCUT2D eigenvalue weighted by Crippen LogP contribution is -2.41. The Hall–Kier alpha value is -3.34. The Bertz CT molecular complexity index is 1060. The van der Waals surface area contributed by atoms with Gasteiger partial charge >= 0.3 is 5.97 Å². The highest BCUT2D eigenvalue weighted by Crippen LogP contribution is 2.48. The first kappa shape index (κ1) is 20.9. The number of anilines is 1. The number of ether oxygens (including phenoxy) is 1. The fourth-order valence-corrected chi connectivity index (χ4v) is 4.56. The number of amides is 1.